The quantitative estimate of drug-likeness (QED) is 0.420. The third-order valence-electron chi connectivity index (χ3n) is 4.68. The monoisotopic (exact) mass is 444 g/mol. The van der Waals surface area contributed by atoms with Crippen LogP contribution >= 0.6 is 12.2 Å². The van der Waals surface area contributed by atoms with E-state index in [1.165, 1.54) is 12.1 Å². The summed E-state index contributed by atoms with van der Waals surface area (Å²) < 4.78 is 19.9. The largest absolute Gasteiger partial charge is 0.436 e. The van der Waals surface area contributed by atoms with Gasteiger partial charge in [0, 0.05) is 11.3 Å². The number of carbonyl (C=O) groups is 1. The molecule has 0 aliphatic carbocycles. The van der Waals surface area contributed by atoms with Crippen LogP contribution in [-0.2, 0) is 0 Å². The van der Waals surface area contributed by atoms with Crippen molar-refractivity contribution in [1.29, 1.82) is 5.26 Å². The molecule has 4 rings (SSSR count). The molecule has 0 bridgehead atoms. The Hall–Kier alpha value is -4.09. The van der Waals surface area contributed by atoms with Crippen molar-refractivity contribution in [3.63, 3.8) is 0 Å². The summed E-state index contributed by atoms with van der Waals surface area (Å²) in [5, 5.41) is 14.1. The summed E-state index contributed by atoms with van der Waals surface area (Å²) in [6, 6.07) is 16.7. The van der Waals surface area contributed by atoms with Crippen molar-refractivity contribution in [3.8, 4) is 17.5 Å². The molecule has 158 valence electrons. The number of carbonyl (C=O) groups excluding carboxylic acids is 1. The van der Waals surface area contributed by atoms with Crippen molar-refractivity contribution < 1.29 is 13.6 Å². The van der Waals surface area contributed by atoms with Gasteiger partial charge in [0.1, 0.15) is 11.3 Å². The van der Waals surface area contributed by atoms with Gasteiger partial charge in [0.05, 0.1) is 17.2 Å². The summed E-state index contributed by atoms with van der Waals surface area (Å²) in [7, 11) is 0. The van der Waals surface area contributed by atoms with Crippen LogP contribution in [-0.4, -0.2) is 16.0 Å². The van der Waals surface area contributed by atoms with Crippen molar-refractivity contribution in [2.24, 2.45) is 0 Å². The zero-order valence-electron chi connectivity index (χ0n) is 17.2. The molecule has 4 aromatic rings. The summed E-state index contributed by atoms with van der Waals surface area (Å²) in [6.45, 7) is 4.03. The van der Waals surface area contributed by atoms with E-state index < -0.39 is 11.7 Å². The maximum atomic E-state index is 14.0. The van der Waals surface area contributed by atoms with Gasteiger partial charge in [0.15, 0.2) is 10.7 Å². The first kappa shape index (κ1) is 21.2. The number of rotatable bonds is 3. The van der Waals surface area contributed by atoms with Gasteiger partial charge in [-0.15, -0.1) is 0 Å². The van der Waals surface area contributed by atoms with Gasteiger partial charge in [0.25, 0.3) is 5.91 Å². The van der Waals surface area contributed by atoms with Crippen molar-refractivity contribution in [1.82, 2.24) is 10.3 Å². The van der Waals surface area contributed by atoms with Gasteiger partial charge in [-0.25, -0.2) is 9.37 Å². The fourth-order valence-corrected chi connectivity index (χ4v) is 3.54. The first-order chi connectivity index (χ1) is 15.3. The number of halogens is 1. The molecule has 8 heteroatoms. The highest BCUT2D eigenvalue weighted by molar-refractivity contribution is 7.80. The molecule has 3 aromatic carbocycles. The van der Waals surface area contributed by atoms with Gasteiger partial charge in [-0.3, -0.25) is 10.1 Å². The molecular formula is C24H17FN4O2S. The maximum Gasteiger partial charge on any atom is 0.260 e. The Bertz CT molecular complexity index is 1400. The van der Waals surface area contributed by atoms with Gasteiger partial charge < -0.3 is 9.73 Å². The molecule has 0 saturated carbocycles. The third kappa shape index (κ3) is 4.48. The predicted molar refractivity (Wildman–Crippen MR) is 124 cm³/mol. The number of benzene rings is 3. The van der Waals surface area contributed by atoms with Crippen molar-refractivity contribution in [2.45, 2.75) is 13.8 Å². The number of amides is 1. The van der Waals surface area contributed by atoms with Crippen LogP contribution in [0.4, 0.5) is 10.1 Å². The second-order valence-electron chi connectivity index (χ2n) is 7.29. The molecule has 1 amide bonds. The van der Waals surface area contributed by atoms with E-state index in [0.29, 0.717) is 22.7 Å². The lowest BCUT2D eigenvalue weighted by Gasteiger charge is -2.10. The number of anilines is 1. The normalized spacial score (nSPS) is 10.6. The highest BCUT2D eigenvalue weighted by Gasteiger charge is 2.15. The van der Waals surface area contributed by atoms with Gasteiger partial charge in [-0.2, -0.15) is 5.26 Å². The van der Waals surface area contributed by atoms with E-state index >= 15 is 0 Å². The molecule has 0 radical (unpaired) electrons. The summed E-state index contributed by atoms with van der Waals surface area (Å²) in [6.07, 6.45) is 0. The highest BCUT2D eigenvalue weighted by Crippen LogP contribution is 2.27. The lowest BCUT2D eigenvalue weighted by atomic mass is 10.1. The fourth-order valence-electron chi connectivity index (χ4n) is 3.33. The SMILES string of the molecule is Cc1cc(C)cc(-c2nc3cc(NC(=S)NC(=O)c4ccc(C#N)cc4F)ccc3o2)c1. The van der Waals surface area contributed by atoms with Gasteiger partial charge in [-0.1, -0.05) is 17.2 Å². The highest BCUT2D eigenvalue weighted by atomic mass is 32.1. The topological polar surface area (TPSA) is 91.0 Å². The molecule has 0 fully saturated rings. The minimum Gasteiger partial charge on any atom is -0.436 e. The number of hydrogen-bond acceptors (Lipinski definition) is 5. The van der Waals surface area contributed by atoms with E-state index in [2.05, 4.69) is 21.7 Å². The molecular weight excluding hydrogens is 427 g/mol. The van der Waals surface area contributed by atoms with Crippen LogP contribution in [0.1, 0.15) is 27.0 Å². The van der Waals surface area contributed by atoms with E-state index in [0.717, 1.165) is 22.8 Å². The van der Waals surface area contributed by atoms with E-state index in [9.17, 15) is 9.18 Å². The Morgan fingerprint density at radius 2 is 1.84 bits per heavy atom. The molecule has 6 nitrogen and oxygen atoms in total. The molecule has 0 aliphatic heterocycles. The van der Waals surface area contributed by atoms with E-state index in [1.807, 2.05) is 32.0 Å². The number of oxazole rings is 1. The maximum absolute atomic E-state index is 14.0. The van der Waals surface area contributed by atoms with Gasteiger partial charge in [-0.05, 0) is 74.6 Å². The zero-order chi connectivity index (χ0) is 22.8. The van der Waals surface area contributed by atoms with Crippen molar-refractivity contribution in [2.75, 3.05) is 5.32 Å². The second-order valence-corrected chi connectivity index (χ2v) is 7.70. The molecule has 1 aromatic heterocycles. The number of nitrogens with zero attached hydrogens (tertiary/aromatic N) is 2. The van der Waals surface area contributed by atoms with E-state index in [1.54, 1.807) is 18.2 Å². The number of aromatic nitrogens is 1. The summed E-state index contributed by atoms with van der Waals surface area (Å²) in [5.41, 5.74) is 4.85. The Balaban J connectivity index is 1.50. The zero-order valence-corrected chi connectivity index (χ0v) is 18.0. The lowest BCUT2D eigenvalue weighted by molar-refractivity contribution is 0.0974. The molecule has 0 aliphatic rings. The van der Waals surface area contributed by atoms with Crippen molar-refractivity contribution >= 4 is 40.0 Å². The smallest absolute Gasteiger partial charge is 0.260 e. The Morgan fingerprint density at radius 3 is 2.53 bits per heavy atom. The molecule has 2 N–H and O–H groups in total. The average molecular weight is 444 g/mol. The second kappa shape index (κ2) is 8.57. The summed E-state index contributed by atoms with van der Waals surface area (Å²) >= 11 is 5.18. The molecule has 0 spiro atoms. The van der Waals surface area contributed by atoms with Gasteiger partial charge in [0.2, 0.25) is 5.89 Å². The standard InChI is InChI=1S/C24H17FN4O2S/c1-13-7-14(2)9-16(8-13)23-28-20-11-17(4-6-21(20)31-23)27-24(32)29-22(30)18-5-3-15(12-26)10-19(18)25/h3-11H,1-2H3,(H2,27,29,30,32). The van der Waals surface area contributed by atoms with Crippen molar-refractivity contribution in [3.05, 3.63) is 82.7 Å². The van der Waals surface area contributed by atoms with Crippen LogP contribution in [0.5, 0.6) is 0 Å². The molecule has 0 saturated heterocycles. The number of hydrogen-bond donors (Lipinski definition) is 2. The number of thiocarbonyl (C=S) groups is 1. The lowest BCUT2D eigenvalue weighted by Crippen LogP contribution is -2.34. The number of nitriles is 1. The average Bonchev–Trinajstić information content (AvgIpc) is 3.16. The molecule has 32 heavy (non-hydrogen) atoms. The van der Waals surface area contributed by atoms with Crippen LogP contribution in [0, 0.1) is 31.0 Å². The molecule has 0 unspecified atom stereocenters. The number of fused-ring (bicyclic) bond motifs is 1. The summed E-state index contributed by atoms with van der Waals surface area (Å²) in [4.78, 5) is 16.9. The Labute approximate surface area is 188 Å². The number of aryl methyl sites for hydroxylation is 2. The van der Waals surface area contributed by atoms with Crippen LogP contribution in [0.15, 0.2) is 59.0 Å². The first-order valence-electron chi connectivity index (χ1n) is 9.63. The van der Waals surface area contributed by atoms with Crippen LogP contribution in [0.25, 0.3) is 22.6 Å². The fraction of sp³-hybridized carbons (Fsp3) is 0.0833. The Morgan fingerprint density at radius 1 is 1.09 bits per heavy atom. The van der Waals surface area contributed by atoms with Crippen LogP contribution in [0.2, 0.25) is 0 Å². The third-order valence-corrected chi connectivity index (χ3v) is 4.89. The number of nitrogens with one attached hydrogen (secondary N) is 2. The van der Waals surface area contributed by atoms with Crippen LogP contribution in [0.3, 0.4) is 0 Å². The van der Waals surface area contributed by atoms with Crippen LogP contribution < -0.4 is 10.6 Å². The predicted octanol–water partition coefficient (Wildman–Crippen LogP) is 5.25. The minimum atomic E-state index is -0.799. The summed E-state index contributed by atoms with van der Waals surface area (Å²) in [5.74, 6) is -1.01. The minimum absolute atomic E-state index is 0.00358. The van der Waals surface area contributed by atoms with E-state index in [-0.39, 0.29) is 16.2 Å². The molecule has 1 heterocycles. The van der Waals surface area contributed by atoms with E-state index in [4.69, 9.17) is 21.9 Å². The first-order valence-corrected chi connectivity index (χ1v) is 10.0. The van der Waals surface area contributed by atoms with Gasteiger partial charge >= 0.3 is 0 Å². The Kier molecular flexibility index (Phi) is 5.67. The molecule has 0 atom stereocenters.